The molecule has 0 saturated heterocycles. The second-order valence-corrected chi connectivity index (χ2v) is 4.73. The standard InChI is InChI=1S/C9H11O4P.C2H6/c1-8(10)14(11,12)13-7-9-5-3-2-4-6-9;1-2/h2-6H,7H2,1H3,(H,11,12);1-2H3. The molecule has 5 heteroatoms. The van der Waals surface area contributed by atoms with Crippen LogP contribution < -0.4 is 0 Å². The van der Waals surface area contributed by atoms with Crippen molar-refractivity contribution < 1.29 is 18.8 Å². The molecule has 0 aromatic heterocycles. The van der Waals surface area contributed by atoms with Crippen LogP contribution in [-0.2, 0) is 20.5 Å². The van der Waals surface area contributed by atoms with Gasteiger partial charge in [0, 0.05) is 6.92 Å². The summed E-state index contributed by atoms with van der Waals surface area (Å²) in [4.78, 5) is 19.7. The molecule has 90 valence electrons. The van der Waals surface area contributed by atoms with Gasteiger partial charge in [-0.05, 0) is 5.56 Å². The van der Waals surface area contributed by atoms with Crippen molar-refractivity contribution >= 4 is 13.1 Å². The van der Waals surface area contributed by atoms with Gasteiger partial charge in [0.25, 0.3) is 0 Å². The van der Waals surface area contributed by atoms with Gasteiger partial charge in [-0.15, -0.1) is 0 Å². The first-order valence-corrected chi connectivity index (χ1v) is 6.62. The monoisotopic (exact) mass is 244 g/mol. The van der Waals surface area contributed by atoms with E-state index >= 15 is 0 Å². The van der Waals surface area contributed by atoms with Crippen LogP contribution in [-0.4, -0.2) is 10.4 Å². The van der Waals surface area contributed by atoms with E-state index in [1.165, 1.54) is 0 Å². The summed E-state index contributed by atoms with van der Waals surface area (Å²) < 4.78 is 15.7. The van der Waals surface area contributed by atoms with Crippen molar-refractivity contribution in [3.8, 4) is 0 Å². The van der Waals surface area contributed by atoms with Gasteiger partial charge in [-0.3, -0.25) is 13.9 Å². The average Bonchev–Trinajstić information content (AvgIpc) is 2.30. The summed E-state index contributed by atoms with van der Waals surface area (Å²) in [5.41, 5.74) is -0.0866. The van der Waals surface area contributed by atoms with Crippen molar-refractivity contribution in [3.63, 3.8) is 0 Å². The van der Waals surface area contributed by atoms with Crippen molar-refractivity contribution in [1.82, 2.24) is 0 Å². The lowest BCUT2D eigenvalue weighted by molar-refractivity contribution is -0.111. The van der Waals surface area contributed by atoms with Gasteiger partial charge in [-0.25, -0.2) is 0 Å². The van der Waals surface area contributed by atoms with E-state index in [0.717, 1.165) is 12.5 Å². The Hall–Kier alpha value is -0.960. The molecule has 1 unspecified atom stereocenters. The molecular formula is C11H17O4P. The smallest absolute Gasteiger partial charge is 0.319 e. The lowest BCUT2D eigenvalue weighted by Crippen LogP contribution is -1.98. The molecule has 0 aliphatic heterocycles. The van der Waals surface area contributed by atoms with E-state index in [-0.39, 0.29) is 6.61 Å². The van der Waals surface area contributed by atoms with E-state index in [1.807, 2.05) is 19.9 Å². The third-order valence-electron chi connectivity index (χ3n) is 1.65. The van der Waals surface area contributed by atoms with E-state index in [9.17, 15) is 9.36 Å². The molecule has 0 amide bonds. The SMILES string of the molecule is CC.CC(=O)P(=O)(O)OCc1ccccc1. The highest BCUT2D eigenvalue weighted by Gasteiger charge is 2.25. The quantitative estimate of drug-likeness (QED) is 0.827. The first-order chi connectivity index (χ1) is 7.52. The largest absolute Gasteiger partial charge is 0.394 e. The Labute approximate surface area is 95.8 Å². The Morgan fingerprint density at radius 2 is 1.81 bits per heavy atom. The molecule has 0 fully saturated rings. The second kappa shape index (κ2) is 7.34. The number of benzene rings is 1. The van der Waals surface area contributed by atoms with Crippen molar-refractivity contribution in [2.24, 2.45) is 0 Å². The highest BCUT2D eigenvalue weighted by Crippen LogP contribution is 2.43. The molecule has 16 heavy (non-hydrogen) atoms. The summed E-state index contributed by atoms with van der Waals surface area (Å²) in [5, 5.41) is 0. The molecule has 0 bridgehead atoms. The molecule has 0 saturated carbocycles. The predicted octanol–water partition coefficient (Wildman–Crippen LogP) is 2.96. The fourth-order valence-corrected chi connectivity index (χ4v) is 1.33. The molecule has 1 rings (SSSR count). The van der Waals surface area contributed by atoms with Crippen LogP contribution in [0.1, 0.15) is 26.3 Å². The summed E-state index contributed by atoms with van der Waals surface area (Å²) in [6.07, 6.45) is 0. The Morgan fingerprint density at radius 3 is 2.25 bits per heavy atom. The minimum Gasteiger partial charge on any atom is -0.319 e. The third kappa shape index (κ3) is 5.21. The van der Waals surface area contributed by atoms with Gasteiger partial charge in [-0.2, -0.15) is 0 Å². The van der Waals surface area contributed by atoms with Gasteiger partial charge < -0.3 is 4.89 Å². The van der Waals surface area contributed by atoms with Crippen LogP contribution >= 0.6 is 7.60 Å². The van der Waals surface area contributed by atoms with E-state index in [4.69, 9.17) is 4.89 Å². The van der Waals surface area contributed by atoms with Crippen LogP contribution in [0, 0.1) is 0 Å². The van der Waals surface area contributed by atoms with Crippen molar-refractivity contribution in [2.45, 2.75) is 27.4 Å². The Balaban J connectivity index is 0.00000106. The van der Waals surface area contributed by atoms with Gasteiger partial charge in [0.1, 0.15) is 0 Å². The van der Waals surface area contributed by atoms with Gasteiger partial charge in [0.2, 0.25) is 5.52 Å². The van der Waals surface area contributed by atoms with Crippen LogP contribution in [0.4, 0.5) is 0 Å². The molecule has 0 aliphatic carbocycles. The molecule has 1 N–H and O–H groups in total. The summed E-state index contributed by atoms with van der Waals surface area (Å²) in [7, 11) is -4.07. The number of hydrogen-bond donors (Lipinski definition) is 1. The number of hydrogen-bond acceptors (Lipinski definition) is 3. The summed E-state index contributed by atoms with van der Waals surface area (Å²) in [6.45, 7) is 5.00. The Kier molecular flexibility index (Phi) is 6.90. The van der Waals surface area contributed by atoms with Crippen LogP contribution in [0.3, 0.4) is 0 Å². The first kappa shape index (κ1) is 15.0. The maximum Gasteiger partial charge on any atom is 0.394 e. The summed E-state index contributed by atoms with van der Waals surface area (Å²) >= 11 is 0. The first-order valence-electron chi connectivity index (χ1n) is 5.05. The predicted molar refractivity (Wildman–Crippen MR) is 63.1 cm³/mol. The zero-order valence-electron chi connectivity index (χ0n) is 9.71. The summed E-state index contributed by atoms with van der Waals surface area (Å²) in [6, 6.07) is 8.90. The molecule has 0 spiro atoms. The zero-order valence-corrected chi connectivity index (χ0v) is 10.6. The molecule has 0 aliphatic rings. The average molecular weight is 244 g/mol. The molecule has 1 aromatic rings. The Morgan fingerprint density at radius 1 is 1.31 bits per heavy atom. The van der Waals surface area contributed by atoms with Gasteiger partial charge in [0.05, 0.1) is 6.61 Å². The molecular weight excluding hydrogens is 227 g/mol. The topological polar surface area (TPSA) is 63.6 Å². The van der Waals surface area contributed by atoms with Gasteiger partial charge in [-0.1, -0.05) is 44.2 Å². The van der Waals surface area contributed by atoms with Crippen molar-refractivity contribution in [3.05, 3.63) is 35.9 Å². The highest BCUT2D eigenvalue weighted by atomic mass is 31.2. The van der Waals surface area contributed by atoms with E-state index < -0.39 is 13.1 Å². The van der Waals surface area contributed by atoms with Crippen molar-refractivity contribution in [1.29, 1.82) is 0 Å². The maximum atomic E-state index is 11.1. The third-order valence-corrected chi connectivity index (χ3v) is 2.92. The van der Waals surface area contributed by atoms with E-state index in [1.54, 1.807) is 24.3 Å². The molecule has 1 atom stereocenters. The molecule has 0 heterocycles. The molecule has 4 nitrogen and oxygen atoms in total. The van der Waals surface area contributed by atoms with Crippen LogP contribution in [0.25, 0.3) is 0 Å². The van der Waals surface area contributed by atoms with E-state index in [2.05, 4.69) is 4.52 Å². The number of carbonyl (C=O) groups excluding carboxylic acids is 1. The van der Waals surface area contributed by atoms with Gasteiger partial charge in [0.15, 0.2) is 0 Å². The maximum absolute atomic E-state index is 11.1. The highest BCUT2D eigenvalue weighted by molar-refractivity contribution is 7.70. The van der Waals surface area contributed by atoms with Gasteiger partial charge >= 0.3 is 7.60 Å². The van der Waals surface area contributed by atoms with Crippen LogP contribution in [0.5, 0.6) is 0 Å². The second-order valence-electron chi connectivity index (χ2n) is 2.80. The fraction of sp³-hybridized carbons (Fsp3) is 0.364. The van der Waals surface area contributed by atoms with Crippen LogP contribution in [0.2, 0.25) is 0 Å². The van der Waals surface area contributed by atoms with Crippen molar-refractivity contribution in [2.75, 3.05) is 0 Å². The van der Waals surface area contributed by atoms with E-state index in [0.29, 0.717) is 0 Å². The minimum atomic E-state index is -4.07. The van der Waals surface area contributed by atoms with Crippen LogP contribution in [0.15, 0.2) is 30.3 Å². The zero-order chi connectivity index (χ0) is 12.6. The number of carbonyl (C=O) groups is 1. The molecule has 1 aromatic carbocycles. The lowest BCUT2D eigenvalue weighted by atomic mass is 10.2. The molecule has 0 radical (unpaired) electrons. The minimum absolute atomic E-state index is 0.0335. The Bertz CT molecular complexity index is 362. The fourth-order valence-electron chi connectivity index (χ4n) is 0.827. The lowest BCUT2D eigenvalue weighted by Gasteiger charge is -2.08. The number of rotatable bonds is 4. The summed E-state index contributed by atoms with van der Waals surface area (Å²) in [5.74, 6) is 0. The normalized spacial score (nSPS) is 13.2.